The van der Waals surface area contributed by atoms with Gasteiger partial charge in [0.2, 0.25) is 5.91 Å². The highest BCUT2D eigenvalue weighted by Gasteiger charge is 2.23. The number of piperazine rings is 1. The smallest absolute Gasteiger partial charge is 0.223 e. The second-order valence-electron chi connectivity index (χ2n) is 6.94. The zero-order chi connectivity index (χ0) is 20.2. The average molecular weight is 397 g/mol. The Hall–Kier alpha value is -3.22. The van der Waals surface area contributed by atoms with Crippen molar-refractivity contribution in [3.05, 3.63) is 72.3 Å². The number of carbonyl (C=O) groups excluding carboxylic acids is 1. The van der Waals surface area contributed by atoms with Gasteiger partial charge in [0.1, 0.15) is 11.6 Å². The van der Waals surface area contributed by atoms with E-state index in [1.807, 2.05) is 11.0 Å². The summed E-state index contributed by atoms with van der Waals surface area (Å²) < 4.78 is 32.6. The molecule has 0 atom stereocenters. The highest BCUT2D eigenvalue weighted by atomic mass is 19.1. The van der Waals surface area contributed by atoms with Crippen molar-refractivity contribution >= 4 is 11.6 Å². The summed E-state index contributed by atoms with van der Waals surface area (Å²) in [5.74, 6) is 0.496. The summed E-state index contributed by atoms with van der Waals surface area (Å²) in [4.78, 5) is 20.5. The second kappa shape index (κ2) is 8.43. The van der Waals surface area contributed by atoms with Crippen LogP contribution < -0.4 is 4.90 Å². The predicted octanol–water partition coefficient (Wildman–Crippen LogP) is 3.90. The number of halogens is 2. The van der Waals surface area contributed by atoms with Gasteiger partial charge in [0, 0.05) is 44.6 Å². The van der Waals surface area contributed by atoms with Gasteiger partial charge in [-0.1, -0.05) is 12.1 Å². The third kappa shape index (κ3) is 4.45. The molecule has 1 aliphatic rings. The summed E-state index contributed by atoms with van der Waals surface area (Å²) in [5.41, 5.74) is 1.31. The third-order valence-electron chi connectivity index (χ3n) is 5.06. The van der Waals surface area contributed by atoms with E-state index >= 15 is 0 Å². The molecule has 1 fully saturated rings. The quantitative estimate of drug-likeness (QED) is 0.655. The Labute approximate surface area is 167 Å². The molecule has 1 saturated heterocycles. The van der Waals surface area contributed by atoms with Crippen LogP contribution in [0.4, 0.5) is 14.5 Å². The molecule has 150 valence electrons. The lowest BCUT2D eigenvalue weighted by Crippen LogP contribution is -2.49. The van der Waals surface area contributed by atoms with Crippen LogP contribution in [0.1, 0.15) is 12.3 Å². The number of para-hydroxylation sites is 1. The standard InChI is InChI=1S/C22H21F2N3O2/c23-17-7-5-16(6-8-17)20-15-25-21(29-20)9-10-22(28)27-13-11-26(12-14-27)19-4-2-1-3-18(19)24/h1-8,15H,9-14H2. The van der Waals surface area contributed by atoms with Gasteiger partial charge >= 0.3 is 0 Å². The Balaban J connectivity index is 1.29. The predicted molar refractivity (Wildman–Crippen MR) is 105 cm³/mol. The molecule has 3 aromatic rings. The zero-order valence-corrected chi connectivity index (χ0v) is 15.9. The summed E-state index contributed by atoms with van der Waals surface area (Å²) >= 11 is 0. The van der Waals surface area contributed by atoms with E-state index in [0.29, 0.717) is 56.4 Å². The minimum atomic E-state index is -0.311. The molecule has 0 saturated carbocycles. The van der Waals surface area contributed by atoms with Crippen molar-refractivity contribution in [2.75, 3.05) is 31.1 Å². The topological polar surface area (TPSA) is 49.6 Å². The average Bonchev–Trinajstić information content (AvgIpc) is 3.22. The van der Waals surface area contributed by atoms with Gasteiger partial charge in [-0.3, -0.25) is 4.79 Å². The van der Waals surface area contributed by atoms with Crippen LogP contribution >= 0.6 is 0 Å². The van der Waals surface area contributed by atoms with Crippen LogP contribution in [0.2, 0.25) is 0 Å². The molecule has 29 heavy (non-hydrogen) atoms. The second-order valence-corrected chi connectivity index (χ2v) is 6.94. The molecule has 1 aromatic heterocycles. The SMILES string of the molecule is O=C(CCc1ncc(-c2ccc(F)cc2)o1)N1CCN(c2ccccc2F)CC1. The number of anilines is 1. The number of hydrogen-bond acceptors (Lipinski definition) is 4. The van der Waals surface area contributed by atoms with Gasteiger partial charge < -0.3 is 14.2 Å². The first-order valence-electron chi connectivity index (χ1n) is 9.58. The molecule has 4 rings (SSSR count). The fraction of sp³-hybridized carbons (Fsp3) is 0.273. The Morgan fingerprint density at radius 2 is 1.72 bits per heavy atom. The first kappa shape index (κ1) is 19.1. The lowest BCUT2D eigenvalue weighted by molar-refractivity contribution is -0.131. The summed E-state index contributed by atoms with van der Waals surface area (Å²) in [6, 6.07) is 12.7. The maximum atomic E-state index is 13.9. The van der Waals surface area contributed by atoms with E-state index in [4.69, 9.17) is 4.42 Å². The zero-order valence-electron chi connectivity index (χ0n) is 15.9. The highest BCUT2D eigenvalue weighted by molar-refractivity contribution is 5.76. The summed E-state index contributed by atoms with van der Waals surface area (Å²) in [5, 5.41) is 0. The van der Waals surface area contributed by atoms with Crippen molar-refractivity contribution in [1.29, 1.82) is 0 Å². The van der Waals surface area contributed by atoms with Gasteiger partial charge in [-0.15, -0.1) is 0 Å². The first-order valence-corrected chi connectivity index (χ1v) is 9.58. The fourth-order valence-electron chi connectivity index (χ4n) is 3.45. The molecular weight excluding hydrogens is 376 g/mol. The van der Waals surface area contributed by atoms with E-state index in [9.17, 15) is 13.6 Å². The monoisotopic (exact) mass is 397 g/mol. The van der Waals surface area contributed by atoms with Crippen molar-refractivity contribution in [2.24, 2.45) is 0 Å². The van der Waals surface area contributed by atoms with Gasteiger partial charge in [0.15, 0.2) is 11.7 Å². The first-order chi connectivity index (χ1) is 14.1. The number of benzene rings is 2. The molecule has 2 heterocycles. The van der Waals surface area contributed by atoms with Gasteiger partial charge in [-0.2, -0.15) is 0 Å². The minimum Gasteiger partial charge on any atom is -0.441 e. The fourth-order valence-corrected chi connectivity index (χ4v) is 3.45. The maximum Gasteiger partial charge on any atom is 0.223 e. The van der Waals surface area contributed by atoms with Crippen molar-refractivity contribution in [2.45, 2.75) is 12.8 Å². The number of oxazole rings is 1. The number of carbonyl (C=O) groups is 1. The molecule has 2 aromatic carbocycles. The van der Waals surface area contributed by atoms with Crippen molar-refractivity contribution in [1.82, 2.24) is 9.88 Å². The molecule has 0 bridgehead atoms. The Kier molecular flexibility index (Phi) is 5.55. The summed E-state index contributed by atoms with van der Waals surface area (Å²) in [6.45, 7) is 2.31. The summed E-state index contributed by atoms with van der Waals surface area (Å²) in [6.07, 6.45) is 2.27. The van der Waals surface area contributed by atoms with Crippen LogP contribution in [0, 0.1) is 11.6 Å². The molecule has 0 aliphatic carbocycles. The molecule has 1 amide bonds. The number of amides is 1. The summed E-state index contributed by atoms with van der Waals surface area (Å²) in [7, 11) is 0. The van der Waals surface area contributed by atoms with Crippen LogP contribution in [0.25, 0.3) is 11.3 Å². The molecule has 0 radical (unpaired) electrons. The van der Waals surface area contributed by atoms with Gasteiger partial charge in [-0.25, -0.2) is 13.8 Å². The van der Waals surface area contributed by atoms with Crippen LogP contribution in [-0.4, -0.2) is 42.0 Å². The van der Waals surface area contributed by atoms with E-state index in [2.05, 4.69) is 4.98 Å². The number of aromatic nitrogens is 1. The van der Waals surface area contributed by atoms with Gasteiger partial charge in [0.25, 0.3) is 0 Å². The number of nitrogens with zero attached hydrogens (tertiary/aromatic N) is 3. The van der Waals surface area contributed by atoms with E-state index in [1.165, 1.54) is 18.2 Å². The number of rotatable bonds is 5. The number of hydrogen-bond donors (Lipinski definition) is 0. The third-order valence-corrected chi connectivity index (χ3v) is 5.06. The normalized spacial score (nSPS) is 14.3. The van der Waals surface area contributed by atoms with Crippen LogP contribution in [0.3, 0.4) is 0 Å². The van der Waals surface area contributed by atoms with Crippen LogP contribution in [-0.2, 0) is 11.2 Å². The molecule has 0 N–H and O–H groups in total. The van der Waals surface area contributed by atoms with Gasteiger partial charge in [0.05, 0.1) is 11.9 Å². The van der Waals surface area contributed by atoms with E-state index in [0.717, 1.165) is 5.56 Å². The highest BCUT2D eigenvalue weighted by Crippen LogP contribution is 2.22. The molecule has 7 heteroatoms. The number of aryl methyl sites for hydroxylation is 1. The maximum absolute atomic E-state index is 13.9. The largest absolute Gasteiger partial charge is 0.441 e. The van der Waals surface area contributed by atoms with Crippen molar-refractivity contribution in [3.63, 3.8) is 0 Å². The Bertz CT molecular complexity index is 980. The van der Waals surface area contributed by atoms with E-state index in [-0.39, 0.29) is 17.5 Å². The Morgan fingerprint density at radius 1 is 1.00 bits per heavy atom. The molecule has 5 nitrogen and oxygen atoms in total. The molecule has 1 aliphatic heterocycles. The van der Waals surface area contributed by atoms with Crippen LogP contribution in [0.5, 0.6) is 0 Å². The molecule has 0 unspecified atom stereocenters. The van der Waals surface area contributed by atoms with Crippen molar-refractivity contribution < 1.29 is 18.0 Å². The van der Waals surface area contributed by atoms with Crippen molar-refractivity contribution in [3.8, 4) is 11.3 Å². The lowest BCUT2D eigenvalue weighted by atomic mass is 10.2. The molecular formula is C22H21F2N3O2. The van der Waals surface area contributed by atoms with E-state index < -0.39 is 0 Å². The molecule has 0 spiro atoms. The van der Waals surface area contributed by atoms with E-state index in [1.54, 1.807) is 35.4 Å². The van der Waals surface area contributed by atoms with Gasteiger partial charge in [-0.05, 0) is 36.4 Å². The minimum absolute atomic E-state index is 0.0275. The lowest BCUT2D eigenvalue weighted by Gasteiger charge is -2.36. The van der Waals surface area contributed by atoms with Crippen LogP contribution in [0.15, 0.2) is 59.1 Å². The Morgan fingerprint density at radius 3 is 2.45 bits per heavy atom.